The molecule has 0 heterocycles. The lowest BCUT2D eigenvalue weighted by molar-refractivity contribution is -0.117. The number of hydrogen-bond acceptors (Lipinski definition) is 6. The highest BCUT2D eigenvalue weighted by molar-refractivity contribution is 5.97. The van der Waals surface area contributed by atoms with E-state index in [1.807, 2.05) is 6.07 Å². The summed E-state index contributed by atoms with van der Waals surface area (Å²) in [6.45, 7) is 0.233. The molecule has 0 aromatic heterocycles. The maximum atomic E-state index is 12.3. The number of allylic oxidation sites excluding steroid dienone is 2. The molecule has 29 heavy (non-hydrogen) atoms. The van der Waals surface area contributed by atoms with Gasteiger partial charge in [-0.1, -0.05) is 24.3 Å². The number of phenolic OH excluding ortho intramolecular Hbond substituents is 1. The fourth-order valence-corrected chi connectivity index (χ4v) is 2.49. The zero-order valence-corrected chi connectivity index (χ0v) is 16.4. The summed E-state index contributed by atoms with van der Waals surface area (Å²) in [5.41, 5.74) is 1.52. The minimum absolute atomic E-state index is 0.0347. The van der Waals surface area contributed by atoms with Gasteiger partial charge in [0.25, 0.3) is 5.91 Å². The van der Waals surface area contributed by atoms with E-state index in [0.29, 0.717) is 17.2 Å². The molecule has 2 rings (SSSR count). The van der Waals surface area contributed by atoms with Crippen molar-refractivity contribution in [2.24, 2.45) is 0 Å². The first-order valence-electron chi connectivity index (χ1n) is 8.67. The average Bonchev–Trinajstić information content (AvgIpc) is 2.75. The molecule has 0 spiro atoms. The van der Waals surface area contributed by atoms with Crippen LogP contribution in [0.2, 0.25) is 0 Å². The molecule has 0 bridgehead atoms. The molecule has 0 aliphatic heterocycles. The lowest BCUT2D eigenvalue weighted by atomic mass is 10.1. The molecule has 150 valence electrons. The van der Waals surface area contributed by atoms with E-state index >= 15 is 0 Å². The Balaban J connectivity index is 2.04. The van der Waals surface area contributed by atoms with Gasteiger partial charge in [-0.25, -0.2) is 0 Å². The quantitative estimate of drug-likeness (QED) is 0.405. The van der Waals surface area contributed by atoms with Crippen LogP contribution in [-0.4, -0.2) is 32.3 Å². The fourth-order valence-electron chi connectivity index (χ4n) is 2.49. The molecule has 0 aliphatic carbocycles. The van der Waals surface area contributed by atoms with Gasteiger partial charge in [0, 0.05) is 6.54 Å². The normalized spacial score (nSPS) is 11.0. The highest BCUT2D eigenvalue weighted by Crippen LogP contribution is 2.28. The second-order valence-corrected chi connectivity index (χ2v) is 5.85. The first kappa shape index (κ1) is 21.4. The minimum atomic E-state index is -0.491. The molecule has 2 N–H and O–H groups in total. The lowest BCUT2D eigenvalue weighted by Crippen LogP contribution is -2.24. The van der Waals surface area contributed by atoms with Crippen LogP contribution in [0, 0.1) is 11.3 Å². The fraction of sp³-hybridized carbons (Fsp3) is 0.182. The third-order valence-corrected chi connectivity index (χ3v) is 4.02. The van der Waals surface area contributed by atoms with Gasteiger partial charge in [0.2, 0.25) is 0 Å². The Kier molecular flexibility index (Phi) is 7.68. The van der Waals surface area contributed by atoms with E-state index in [-0.39, 0.29) is 17.9 Å². The smallest absolute Gasteiger partial charge is 0.262 e. The molecule has 0 atom stereocenters. The van der Waals surface area contributed by atoms with Crippen molar-refractivity contribution in [1.82, 2.24) is 5.32 Å². The molecule has 0 fully saturated rings. The third-order valence-electron chi connectivity index (χ3n) is 4.02. The monoisotopic (exact) mass is 394 g/mol. The van der Waals surface area contributed by atoms with Crippen molar-refractivity contribution in [3.63, 3.8) is 0 Å². The number of nitrogens with zero attached hydrogens (tertiary/aromatic N) is 1. The van der Waals surface area contributed by atoms with Gasteiger partial charge >= 0.3 is 0 Å². The maximum absolute atomic E-state index is 12.3. The van der Waals surface area contributed by atoms with Crippen molar-refractivity contribution in [3.05, 3.63) is 65.3 Å². The van der Waals surface area contributed by atoms with Gasteiger partial charge in [-0.2, -0.15) is 5.26 Å². The van der Waals surface area contributed by atoms with Gasteiger partial charge in [-0.05, 0) is 41.5 Å². The first-order chi connectivity index (χ1) is 14.0. The molecule has 7 nitrogen and oxygen atoms in total. The summed E-state index contributed by atoms with van der Waals surface area (Å²) in [4.78, 5) is 12.3. The van der Waals surface area contributed by atoms with Crippen LogP contribution in [-0.2, 0) is 11.3 Å². The summed E-state index contributed by atoms with van der Waals surface area (Å²) in [5.74, 6) is 1.03. The number of phenols is 1. The molecule has 7 heteroatoms. The summed E-state index contributed by atoms with van der Waals surface area (Å²) in [7, 11) is 4.54. The average molecular weight is 394 g/mol. The number of methoxy groups -OCH3 is 3. The molecule has 0 aliphatic rings. The van der Waals surface area contributed by atoms with Crippen LogP contribution in [0.5, 0.6) is 23.0 Å². The Bertz CT molecular complexity index is 974. The van der Waals surface area contributed by atoms with Gasteiger partial charge in [0.15, 0.2) is 23.0 Å². The van der Waals surface area contributed by atoms with Gasteiger partial charge < -0.3 is 24.6 Å². The highest BCUT2D eigenvalue weighted by Gasteiger charge is 2.09. The van der Waals surface area contributed by atoms with Crippen molar-refractivity contribution < 1.29 is 24.1 Å². The highest BCUT2D eigenvalue weighted by atomic mass is 16.5. The van der Waals surface area contributed by atoms with E-state index < -0.39 is 5.91 Å². The van der Waals surface area contributed by atoms with Gasteiger partial charge in [-0.15, -0.1) is 0 Å². The Hall–Kier alpha value is -3.92. The number of carbonyl (C=O) groups is 1. The van der Waals surface area contributed by atoms with E-state index in [1.165, 1.54) is 26.4 Å². The van der Waals surface area contributed by atoms with E-state index in [2.05, 4.69) is 5.32 Å². The summed E-state index contributed by atoms with van der Waals surface area (Å²) >= 11 is 0. The van der Waals surface area contributed by atoms with Gasteiger partial charge in [-0.3, -0.25) is 4.79 Å². The Morgan fingerprint density at radius 3 is 2.45 bits per heavy atom. The van der Waals surface area contributed by atoms with Crippen LogP contribution in [0.1, 0.15) is 11.1 Å². The second-order valence-electron chi connectivity index (χ2n) is 5.85. The topological polar surface area (TPSA) is 101 Å². The van der Waals surface area contributed by atoms with Crippen molar-refractivity contribution in [2.75, 3.05) is 21.3 Å². The molecule has 2 aromatic rings. The minimum Gasteiger partial charge on any atom is -0.504 e. The number of rotatable bonds is 8. The summed E-state index contributed by atoms with van der Waals surface area (Å²) in [5, 5.41) is 21.6. The molecular formula is C22H22N2O5. The zero-order chi connectivity index (χ0) is 21.2. The van der Waals surface area contributed by atoms with Crippen molar-refractivity contribution in [1.29, 1.82) is 5.26 Å². The Labute approximate surface area is 169 Å². The standard InChI is InChI=1S/C22H22N2O5/c1-27-19-10-8-16(12-21(19)29-3)14-24-22(26)17(13-23)6-4-5-15-7-9-18(25)20(11-15)28-2/h4-12,25H,14H2,1-3H3,(H,24,26)/b5-4+,17-6+. The summed E-state index contributed by atoms with van der Waals surface area (Å²) < 4.78 is 15.5. The molecule has 0 saturated heterocycles. The molecule has 2 aromatic carbocycles. The number of nitrogens with one attached hydrogen (secondary N) is 1. The van der Waals surface area contributed by atoms with Gasteiger partial charge in [0.05, 0.1) is 21.3 Å². The molecular weight excluding hydrogens is 372 g/mol. The Morgan fingerprint density at radius 1 is 1.07 bits per heavy atom. The molecule has 1 amide bonds. The van der Waals surface area contributed by atoms with Crippen molar-refractivity contribution >= 4 is 12.0 Å². The third kappa shape index (κ3) is 5.78. The number of aromatic hydroxyl groups is 1. The summed E-state index contributed by atoms with van der Waals surface area (Å²) in [6.07, 6.45) is 4.70. The number of ether oxygens (including phenoxy) is 3. The maximum Gasteiger partial charge on any atom is 0.262 e. The van der Waals surface area contributed by atoms with Crippen molar-refractivity contribution in [2.45, 2.75) is 6.54 Å². The number of nitriles is 1. The van der Waals surface area contributed by atoms with E-state index in [4.69, 9.17) is 14.2 Å². The van der Waals surface area contributed by atoms with Crippen LogP contribution in [0.25, 0.3) is 6.08 Å². The van der Waals surface area contributed by atoms with Crippen molar-refractivity contribution in [3.8, 4) is 29.1 Å². The van der Waals surface area contributed by atoms with Crippen LogP contribution in [0.4, 0.5) is 0 Å². The molecule has 0 radical (unpaired) electrons. The van der Waals surface area contributed by atoms with Crippen LogP contribution >= 0.6 is 0 Å². The van der Waals surface area contributed by atoms with E-state index in [1.54, 1.807) is 49.6 Å². The number of amides is 1. The molecule has 0 saturated carbocycles. The SMILES string of the molecule is COc1cc(/C=C/C=C(\C#N)C(=O)NCc2ccc(OC)c(OC)c2)ccc1O. The second kappa shape index (κ2) is 10.4. The first-order valence-corrected chi connectivity index (χ1v) is 8.67. The molecule has 0 unspecified atom stereocenters. The predicted molar refractivity (Wildman–Crippen MR) is 109 cm³/mol. The van der Waals surface area contributed by atoms with E-state index in [9.17, 15) is 15.2 Å². The predicted octanol–water partition coefficient (Wildman–Crippen LogP) is 3.20. The largest absolute Gasteiger partial charge is 0.504 e. The lowest BCUT2D eigenvalue weighted by Gasteiger charge is -2.10. The number of carbonyl (C=O) groups excluding carboxylic acids is 1. The van der Waals surface area contributed by atoms with Gasteiger partial charge in [0.1, 0.15) is 11.6 Å². The van der Waals surface area contributed by atoms with E-state index in [0.717, 1.165) is 11.1 Å². The summed E-state index contributed by atoms with van der Waals surface area (Å²) in [6, 6.07) is 12.0. The zero-order valence-electron chi connectivity index (χ0n) is 16.4. The Morgan fingerprint density at radius 2 is 1.79 bits per heavy atom. The number of hydrogen-bond donors (Lipinski definition) is 2. The van der Waals surface area contributed by atoms with Crippen LogP contribution in [0.3, 0.4) is 0 Å². The van der Waals surface area contributed by atoms with Crippen LogP contribution in [0.15, 0.2) is 54.1 Å². The van der Waals surface area contributed by atoms with Crippen LogP contribution < -0.4 is 19.5 Å². The number of benzene rings is 2.